The number of alkyl halides is 3. The summed E-state index contributed by atoms with van der Waals surface area (Å²) >= 11 is 6.83. The number of imide groups is 1. The van der Waals surface area contributed by atoms with Gasteiger partial charge in [0.05, 0.1) is 22.8 Å². The van der Waals surface area contributed by atoms with Crippen molar-refractivity contribution in [3.05, 3.63) is 93.3 Å². The van der Waals surface area contributed by atoms with E-state index in [0.29, 0.717) is 40.5 Å². The first-order chi connectivity index (χ1) is 17.2. The second kappa shape index (κ2) is 10.7. The summed E-state index contributed by atoms with van der Waals surface area (Å²) in [5.41, 5.74) is 0.262. The molecule has 1 fully saturated rings. The lowest BCUT2D eigenvalue weighted by Crippen LogP contribution is -2.28. The molecule has 1 aliphatic rings. The number of anilines is 1. The van der Waals surface area contributed by atoms with Crippen molar-refractivity contribution in [2.24, 2.45) is 0 Å². The molecule has 5 nitrogen and oxygen atoms in total. The lowest BCUT2D eigenvalue weighted by atomic mass is 10.1. The van der Waals surface area contributed by atoms with Crippen LogP contribution in [-0.4, -0.2) is 17.8 Å². The first kappa shape index (κ1) is 25.7. The zero-order valence-corrected chi connectivity index (χ0v) is 20.4. The molecule has 10 heteroatoms. The second-order valence-electron chi connectivity index (χ2n) is 7.58. The highest BCUT2D eigenvalue weighted by Crippen LogP contribution is 2.39. The number of hydrogen-bond donors (Lipinski definition) is 0. The Labute approximate surface area is 214 Å². The van der Waals surface area contributed by atoms with E-state index in [9.17, 15) is 22.8 Å². The minimum atomic E-state index is -4.60. The molecule has 4 rings (SSSR count). The predicted octanol–water partition coefficient (Wildman–Crippen LogP) is 7.58. The van der Waals surface area contributed by atoms with Gasteiger partial charge in [-0.25, -0.2) is 4.90 Å². The fraction of sp³-hybridized carbons (Fsp3) is 0.154. The van der Waals surface area contributed by atoms with Crippen LogP contribution in [0.5, 0.6) is 11.5 Å². The Balaban J connectivity index is 1.57. The van der Waals surface area contributed by atoms with Gasteiger partial charge in [-0.15, -0.1) is 0 Å². The zero-order valence-electron chi connectivity index (χ0n) is 18.8. The minimum absolute atomic E-state index is 0.0737. The molecule has 0 unspecified atom stereocenters. The van der Waals surface area contributed by atoms with Crippen LogP contribution in [0.3, 0.4) is 0 Å². The molecule has 3 aromatic rings. The lowest BCUT2D eigenvalue weighted by Gasteiger charge is -2.15. The van der Waals surface area contributed by atoms with Crippen molar-refractivity contribution in [1.82, 2.24) is 0 Å². The van der Waals surface area contributed by atoms with Gasteiger partial charge in [0.15, 0.2) is 11.5 Å². The summed E-state index contributed by atoms with van der Waals surface area (Å²) in [6, 6.07) is 16.4. The fourth-order valence-electron chi connectivity index (χ4n) is 3.44. The van der Waals surface area contributed by atoms with E-state index in [2.05, 4.69) is 0 Å². The van der Waals surface area contributed by atoms with Crippen LogP contribution >= 0.6 is 23.4 Å². The molecule has 1 aliphatic heterocycles. The van der Waals surface area contributed by atoms with E-state index in [4.69, 9.17) is 21.1 Å². The third kappa shape index (κ3) is 5.68. The van der Waals surface area contributed by atoms with E-state index in [1.54, 1.807) is 24.3 Å². The molecule has 0 spiro atoms. The summed E-state index contributed by atoms with van der Waals surface area (Å²) in [5, 5.41) is -0.112. The standard InChI is InChI=1S/C26H19ClF3NO4S/c1-2-34-22-12-16(10-11-21(22)35-15-17-6-3-4-9-20(17)27)13-23-24(32)31(25(33)36-23)19-8-5-7-18(14-19)26(28,29)30/h3-14H,2,15H2,1H3/b23-13-. The van der Waals surface area contributed by atoms with Crippen LogP contribution in [0.15, 0.2) is 71.6 Å². The fourth-order valence-corrected chi connectivity index (χ4v) is 4.47. The molecule has 0 aliphatic carbocycles. The lowest BCUT2D eigenvalue weighted by molar-refractivity contribution is -0.137. The summed E-state index contributed by atoms with van der Waals surface area (Å²) in [7, 11) is 0. The Hall–Kier alpha value is -3.43. The van der Waals surface area contributed by atoms with Crippen molar-refractivity contribution in [2.75, 3.05) is 11.5 Å². The molecular formula is C26H19ClF3NO4S. The number of ether oxygens (including phenoxy) is 2. The topological polar surface area (TPSA) is 55.8 Å². The Kier molecular flexibility index (Phi) is 7.61. The Morgan fingerprint density at radius 2 is 1.75 bits per heavy atom. The number of halogens is 4. The van der Waals surface area contributed by atoms with E-state index in [-0.39, 0.29) is 17.2 Å². The summed E-state index contributed by atoms with van der Waals surface area (Å²) in [6.45, 7) is 2.39. The molecule has 2 amide bonds. The van der Waals surface area contributed by atoms with Crippen LogP contribution in [0.2, 0.25) is 5.02 Å². The van der Waals surface area contributed by atoms with Crippen molar-refractivity contribution >= 4 is 46.3 Å². The third-order valence-electron chi connectivity index (χ3n) is 5.13. The van der Waals surface area contributed by atoms with Gasteiger partial charge in [-0.3, -0.25) is 9.59 Å². The van der Waals surface area contributed by atoms with E-state index >= 15 is 0 Å². The van der Waals surface area contributed by atoms with E-state index < -0.39 is 22.9 Å². The Morgan fingerprint density at radius 1 is 0.972 bits per heavy atom. The second-order valence-corrected chi connectivity index (χ2v) is 8.98. The van der Waals surface area contributed by atoms with Crippen molar-refractivity contribution in [3.8, 4) is 11.5 Å². The number of thioether (sulfide) groups is 1. The van der Waals surface area contributed by atoms with E-state index in [0.717, 1.165) is 28.7 Å². The first-order valence-electron chi connectivity index (χ1n) is 10.8. The minimum Gasteiger partial charge on any atom is -0.490 e. The highest BCUT2D eigenvalue weighted by molar-refractivity contribution is 8.19. The van der Waals surface area contributed by atoms with Gasteiger partial charge in [0.1, 0.15) is 6.61 Å². The molecule has 1 heterocycles. The van der Waals surface area contributed by atoms with Crippen LogP contribution in [0.25, 0.3) is 6.08 Å². The van der Waals surface area contributed by atoms with Gasteiger partial charge in [0.25, 0.3) is 11.1 Å². The number of carbonyl (C=O) groups is 2. The molecule has 0 radical (unpaired) electrons. The van der Waals surface area contributed by atoms with E-state index in [1.165, 1.54) is 12.1 Å². The van der Waals surface area contributed by atoms with Crippen LogP contribution in [0, 0.1) is 0 Å². The van der Waals surface area contributed by atoms with Crippen molar-refractivity contribution < 1.29 is 32.2 Å². The average Bonchev–Trinajstić information content (AvgIpc) is 3.11. The molecule has 0 saturated carbocycles. The highest BCUT2D eigenvalue weighted by Gasteiger charge is 2.38. The normalized spacial score (nSPS) is 15.0. The van der Waals surface area contributed by atoms with Crippen molar-refractivity contribution in [1.29, 1.82) is 0 Å². The summed E-state index contributed by atoms with van der Waals surface area (Å²) < 4.78 is 50.8. The highest BCUT2D eigenvalue weighted by atomic mass is 35.5. The van der Waals surface area contributed by atoms with E-state index in [1.807, 2.05) is 25.1 Å². The molecule has 36 heavy (non-hydrogen) atoms. The maximum Gasteiger partial charge on any atom is 0.416 e. The molecule has 3 aromatic carbocycles. The molecular weight excluding hydrogens is 515 g/mol. The number of benzene rings is 3. The summed E-state index contributed by atoms with van der Waals surface area (Å²) in [4.78, 5) is 26.2. The van der Waals surface area contributed by atoms with Crippen molar-refractivity contribution in [3.63, 3.8) is 0 Å². The third-order valence-corrected chi connectivity index (χ3v) is 6.37. The Bertz CT molecular complexity index is 1340. The number of rotatable bonds is 7. The zero-order chi connectivity index (χ0) is 25.9. The molecule has 0 atom stereocenters. The maximum atomic E-state index is 13.1. The molecule has 186 valence electrons. The van der Waals surface area contributed by atoms with Gasteiger partial charge >= 0.3 is 6.18 Å². The number of amides is 2. The predicted molar refractivity (Wildman–Crippen MR) is 133 cm³/mol. The summed E-state index contributed by atoms with van der Waals surface area (Å²) in [6.07, 6.45) is -3.11. The summed E-state index contributed by atoms with van der Waals surface area (Å²) in [5.74, 6) is 0.183. The Morgan fingerprint density at radius 3 is 2.47 bits per heavy atom. The first-order valence-corrected chi connectivity index (χ1v) is 11.9. The van der Waals surface area contributed by atoms with Crippen LogP contribution in [0.1, 0.15) is 23.6 Å². The quantitative estimate of drug-likeness (QED) is 0.293. The van der Waals surface area contributed by atoms with Crippen molar-refractivity contribution in [2.45, 2.75) is 19.7 Å². The average molecular weight is 534 g/mol. The molecule has 0 N–H and O–H groups in total. The van der Waals surface area contributed by atoms with Gasteiger partial charge in [0, 0.05) is 10.6 Å². The SMILES string of the molecule is CCOc1cc(/C=C2\SC(=O)N(c3cccc(C(F)(F)F)c3)C2=O)ccc1OCc1ccccc1Cl. The van der Waals surface area contributed by atoms with Crippen LogP contribution in [0.4, 0.5) is 23.7 Å². The van der Waals surface area contributed by atoms with Crippen LogP contribution < -0.4 is 14.4 Å². The smallest absolute Gasteiger partial charge is 0.416 e. The number of hydrogen-bond acceptors (Lipinski definition) is 5. The van der Waals surface area contributed by atoms with Gasteiger partial charge in [0.2, 0.25) is 0 Å². The molecule has 1 saturated heterocycles. The van der Waals surface area contributed by atoms with Gasteiger partial charge in [-0.1, -0.05) is 41.9 Å². The van der Waals surface area contributed by atoms with Gasteiger partial charge in [-0.05, 0) is 66.7 Å². The van der Waals surface area contributed by atoms with Crippen LogP contribution in [-0.2, 0) is 17.6 Å². The molecule has 0 bridgehead atoms. The van der Waals surface area contributed by atoms with Gasteiger partial charge < -0.3 is 9.47 Å². The number of nitrogens with zero attached hydrogens (tertiary/aromatic N) is 1. The monoisotopic (exact) mass is 533 g/mol. The number of carbonyl (C=O) groups excluding carboxylic acids is 2. The maximum absolute atomic E-state index is 13.1. The molecule has 0 aromatic heterocycles. The largest absolute Gasteiger partial charge is 0.490 e. The van der Waals surface area contributed by atoms with Gasteiger partial charge in [-0.2, -0.15) is 13.2 Å².